The Morgan fingerprint density at radius 1 is 1.08 bits per heavy atom. The molecule has 1 aliphatic rings. The summed E-state index contributed by atoms with van der Waals surface area (Å²) in [6.45, 7) is 2.36. The molecule has 0 radical (unpaired) electrons. The van der Waals surface area contributed by atoms with Gasteiger partial charge in [0.05, 0.1) is 12.8 Å². The van der Waals surface area contributed by atoms with Crippen molar-refractivity contribution in [2.45, 2.75) is 26.3 Å². The molecule has 2 aromatic carbocycles. The van der Waals surface area contributed by atoms with Crippen LogP contribution in [0.1, 0.15) is 24.0 Å². The molecule has 0 bridgehead atoms. The van der Waals surface area contributed by atoms with Crippen LogP contribution in [-0.2, 0) is 16.1 Å². The summed E-state index contributed by atoms with van der Waals surface area (Å²) in [5.74, 6) is 0.0851. The van der Waals surface area contributed by atoms with Gasteiger partial charge in [-0.3, -0.25) is 9.59 Å². The molecule has 25 heavy (non-hydrogen) atoms. The number of amides is 2. The van der Waals surface area contributed by atoms with Crippen molar-refractivity contribution in [3.8, 4) is 5.75 Å². The Bertz CT molecular complexity index is 783. The van der Waals surface area contributed by atoms with Gasteiger partial charge in [0, 0.05) is 6.54 Å². The Balaban J connectivity index is 1.67. The Morgan fingerprint density at radius 2 is 1.80 bits per heavy atom. The molecule has 2 amide bonds. The Hall–Kier alpha value is -2.82. The van der Waals surface area contributed by atoms with E-state index in [2.05, 4.69) is 10.6 Å². The van der Waals surface area contributed by atoms with Crippen LogP contribution in [0.15, 0.2) is 48.5 Å². The van der Waals surface area contributed by atoms with Gasteiger partial charge in [-0.15, -0.1) is 0 Å². The largest absolute Gasteiger partial charge is 0.495 e. The van der Waals surface area contributed by atoms with E-state index in [1.807, 2.05) is 49.4 Å². The fourth-order valence-corrected chi connectivity index (χ4v) is 2.79. The summed E-state index contributed by atoms with van der Waals surface area (Å²) in [6.07, 6.45) is 1.13. The van der Waals surface area contributed by atoms with Gasteiger partial charge in [-0.2, -0.15) is 0 Å². The molecular weight excluding hydrogens is 316 g/mol. The van der Waals surface area contributed by atoms with Crippen molar-refractivity contribution in [2.24, 2.45) is 5.41 Å². The lowest BCUT2D eigenvalue weighted by Crippen LogP contribution is -2.39. The minimum absolute atomic E-state index is 0.222. The first-order chi connectivity index (χ1) is 12.0. The van der Waals surface area contributed by atoms with E-state index in [0.29, 0.717) is 30.8 Å². The third-order valence-corrected chi connectivity index (χ3v) is 4.52. The van der Waals surface area contributed by atoms with Crippen LogP contribution in [0, 0.1) is 12.3 Å². The number of anilines is 1. The van der Waals surface area contributed by atoms with Crippen molar-refractivity contribution in [1.82, 2.24) is 5.32 Å². The van der Waals surface area contributed by atoms with E-state index in [1.165, 1.54) is 0 Å². The average molecular weight is 338 g/mol. The Labute approximate surface area is 147 Å². The summed E-state index contributed by atoms with van der Waals surface area (Å²) in [5.41, 5.74) is 1.64. The summed E-state index contributed by atoms with van der Waals surface area (Å²) in [6, 6.07) is 15.2. The van der Waals surface area contributed by atoms with Crippen molar-refractivity contribution >= 4 is 17.5 Å². The third-order valence-electron chi connectivity index (χ3n) is 4.52. The highest BCUT2D eigenvalue weighted by Gasteiger charge is 2.56. The van der Waals surface area contributed by atoms with Crippen molar-refractivity contribution < 1.29 is 14.3 Å². The zero-order valence-electron chi connectivity index (χ0n) is 14.5. The maximum absolute atomic E-state index is 12.7. The maximum atomic E-state index is 12.7. The lowest BCUT2D eigenvalue weighted by Gasteiger charge is -2.17. The molecule has 2 aromatic rings. The molecule has 0 aromatic heterocycles. The first kappa shape index (κ1) is 17.0. The van der Waals surface area contributed by atoms with Gasteiger partial charge in [-0.1, -0.05) is 36.4 Å². The van der Waals surface area contributed by atoms with E-state index in [9.17, 15) is 9.59 Å². The van der Waals surface area contributed by atoms with E-state index in [0.717, 1.165) is 11.1 Å². The highest BCUT2D eigenvalue weighted by molar-refractivity contribution is 6.13. The lowest BCUT2D eigenvalue weighted by atomic mass is 10.0. The first-order valence-corrected chi connectivity index (χ1v) is 8.33. The van der Waals surface area contributed by atoms with Gasteiger partial charge in [0.25, 0.3) is 0 Å². The molecule has 3 rings (SSSR count). The summed E-state index contributed by atoms with van der Waals surface area (Å²) < 4.78 is 5.28. The van der Waals surface area contributed by atoms with Crippen molar-refractivity contribution in [3.63, 3.8) is 0 Å². The van der Waals surface area contributed by atoms with E-state index < -0.39 is 5.41 Å². The molecule has 0 saturated heterocycles. The predicted molar refractivity (Wildman–Crippen MR) is 96.3 cm³/mol. The van der Waals surface area contributed by atoms with Crippen LogP contribution >= 0.6 is 0 Å². The number of ether oxygens (including phenoxy) is 1. The van der Waals surface area contributed by atoms with Crippen LogP contribution < -0.4 is 15.4 Å². The second-order valence-electron chi connectivity index (χ2n) is 6.41. The molecule has 0 spiro atoms. The first-order valence-electron chi connectivity index (χ1n) is 8.33. The molecule has 0 atom stereocenters. The second-order valence-corrected chi connectivity index (χ2v) is 6.41. The van der Waals surface area contributed by atoms with Gasteiger partial charge >= 0.3 is 0 Å². The van der Waals surface area contributed by atoms with Crippen LogP contribution in [0.3, 0.4) is 0 Å². The normalized spacial score (nSPS) is 14.5. The smallest absolute Gasteiger partial charge is 0.240 e. The fraction of sp³-hybridized carbons (Fsp3) is 0.300. The average Bonchev–Trinajstić information content (AvgIpc) is 3.43. The SMILES string of the molecule is COc1ccc(C)cc1NC(=O)C1(C(=O)NCc2ccccc2)CC1. The number of hydrogen-bond donors (Lipinski definition) is 2. The zero-order valence-corrected chi connectivity index (χ0v) is 14.5. The third kappa shape index (κ3) is 3.65. The molecule has 1 fully saturated rings. The van der Waals surface area contributed by atoms with Gasteiger partial charge in [0.2, 0.25) is 11.8 Å². The van der Waals surface area contributed by atoms with Crippen LogP contribution in [0.4, 0.5) is 5.69 Å². The molecule has 5 heteroatoms. The Kier molecular flexibility index (Phi) is 4.74. The van der Waals surface area contributed by atoms with E-state index in [4.69, 9.17) is 4.74 Å². The maximum Gasteiger partial charge on any atom is 0.240 e. The number of aryl methyl sites for hydroxylation is 1. The molecule has 2 N–H and O–H groups in total. The van der Waals surface area contributed by atoms with Gasteiger partial charge < -0.3 is 15.4 Å². The summed E-state index contributed by atoms with van der Waals surface area (Å²) in [7, 11) is 1.56. The topological polar surface area (TPSA) is 67.4 Å². The Morgan fingerprint density at radius 3 is 2.44 bits per heavy atom. The molecular formula is C20H22N2O3. The van der Waals surface area contributed by atoms with Crippen molar-refractivity contribution in [2.75, 3.05) is 12.4 Å². The number of carbonyl (C=O) groups excluding carboxylic acids is 2. The van der Waals surface area contributed by atoms with Crippen LogP contribution in [0.2, 0.25) is 0 Å². The quantitative estimate of drug-likeness (QED) is 0.796. The van der Waals surface area contributed by atoms with Crippen molar-refractivity contribution in [3.05, 3.63) is 59.7 Å². The number of nitrogens with one attached hydrogen (secondary N) is 2. The minimum Gasteiger partial charge on any atom is -0.495 e. The number of rotatable bonds is 6. The minimum atomic E-state index is -0.969. The van der Waals surface area contributed by atoms with Gasteiger partial charge in [0.15, 0.2) is 0 Å². The highest BCUT2D eigenvalue weighted by atomic mass is 16.5. The molecule has 0 heterocycles. The number of benzene rings is 2. The highest BCUT2D eigenvalue weighted by Crippen LogP contribution is 2.47. The molecule has 0 unspecified atom stereocenters. The molecule has 1 aliphatic carbocycles. The standard InChI is InChI=1S/C20H22N2O3/c1-14-8-9-17(25-2)16(12-14)22-19(24)20(10-11-20)18(23)21-13-15-6-4-3-5-7-15/h3-9,12H,10-11,13H2,1-2H3,(H,21,23)(H,22,24). The van der Waals surface area contributed by atoms with Crippen LogP contribution in [0.25, 0.3) is 0 Å². The predicted octanol–water partition coefficient (Wildman–Crippen LogP) is 3.04. The molecule has 5 nitrogen and oxygen atoms in total. The summed E-state index contributed by atoms with van der Waals surface area (Å²) in [4.78, 5) is 25.3. The van der Waals surface area contributed by atoms with Gasteiger partial charge in [0.1, 0.15) is 11.2 Å². The van der Waals surface area contributed by atoms with Gasteiger partial charge in [-0.05, 0) is 43.0 Å². The molecule has 0 aliphatic heterocycles. The van der Waals surface area contributed by atoms with Crippen LogP contribution in [-0.4, -0.2) is 18.9 Å². The summed E-state index contributed by atoms with van der Waals surface area (Å²) >= 11 is 0. The van der Waals surface area contributed by atoms with Crippen molar-refractivity contribution in [1.29, 1.82) is 0 Å². The number of hydrogen-bond acceptors (Lipinski definition) is 3. The van der Waals surface area contributed by atoms with Crippen LogP contribution in [0.5, 0.6) is 5.75 Å². The summed E-state index contributed by atoms with van der Waals surface area (Å²) in [5, 5.41) is 5.74. The van der Waals surface area contributed by atoms with E-state index in [1.54, 1.807) is 13.2 Å². The zero-order chi connectivity index (χ0) is 17.9. The number of carbonyl (C=O) groups is 2. The molecule has 130 valence electrons. The monoisotopic (exact) mass is 338 g/mol. The van der Waals surface area contributed by atoms with Gasteiger partial charge in [-0.25, -0.2) is 0 Å². The molecule has 1 saturated carbocycles. The lowest BCUT2D eigenvalue weighted by molar-refractivity contribution is -0.134. The number of methoxy groups -OCH3 is 1. The van der Waals surface area contributed by atoms with E-state index >= 15 is 0 Å². The second kappa shape index (κ2) is 6.97. The fourth-order valence-electron chi connectivity index (χ4n) is 2.79. The van der Waals surface area contributed by atoms with E-state index in [-0.39, 0.29) is 11.8 Å².